The van der Waals surface area contributed by atoms with Crippen LogP contribution in [-0.2, 0) is 0 Å². The normalized spacial score (nSPS) is 35.0. The third-order valence-electron chi connectivity index (χ3n) is 7.67. The van der Waals surface area contributed by atoms with Crippen molar-refractivity contribution in [1.82, 2.24) is 0 Å². The maximum absolute atomic E-state index is 10.0. The molecule has 0 aromatic carbocycles. The van der Waals surface area contributed by atoms with Gasteiger partial charge in [-0.15, -0.1) is 0 Å². The second-order valence-electron chi connectivity index (χ2n) is 10.5. The number of rotatable bonds is 4. The molecule has 0 unspecified atom stereocenters. The van der Waals surface area contributed by atoms with E-state index in [4.69, 9.17) is 0 Å². The molecule has 2 saturated carbocycles. The highest BCUT2D eigenvalue weighted by Crippen LogP contribution is 2.60. The lowest BCUT2D eigenvalue weighted by Gasteiger charge is -2.45. The number of hydrogen-bond acceptors (Lipinski definition) is 3. The molecular weight excluding hydrogens is 360 g/mol. The number of hydrogen-bond donors (Lipinski definition) is 3. The number of aliphatic hydroxyl groups is 3. The van der Waals surface area contributed by atoms with E-state index in [1.807, 2.05) is 6.08 Å². The van der Waals surface area contributed by atoms with E-state index in [1.165, 1.54) is 0 Å². The third-order valence-corrected chi connectivity index (χ3v) is 7.67. The summed E-state index contributed by atoms with van der Waals surface area (Å²) in [5, 5.41) is 29.8. The minimum absolute atomic E-state index is 0.125. The van der Waals surface area contributed by atoms with Crippen molar-refractivity contribution >= 4 is 0 Å². The van der Waals surface area contributed by atoms with Gasteiger partial charge in [0, 0.05) is 12.8 Å². The molecule has 0 aromatic rings. The van der Waals surface area contributed by atoms with Crippen molar-refractivity contribution < 1.29 is 15.3 Å². The molecule has 3 N–H and O–H groups in total. The van der Waals surface area contributed by atoms with Crippen molar-refractivity contribution in [2.75, 3.05) is 0 Å². The molecule has 0 spiro atoms. The average Bonchev–Trinajstić information content (AvgIpc) is 2.82. The van der Waals surface area contributed by atoms with Gasteiger partial charge >= 0.3 is 0 Å². The van der Waals surface area contributed by atoms with Crippen LogP contribution in [0.5, 0.6) is 0 Å². The Bertz CT molecular complexity index is 725. The summed E-state index contributed by atoms with van der Waals surface area (Å²) < 4.78 is 0. The van der Waals surface area contributed by atoms with E-state index in [9.17, 15) is 15.3 Å². The topological polar surface area (TPSA) is 60.7 Å². The SMILES string of the molecule is C=C1/C(=C\C=C\[C@@H]2CC[C@](C)([C@H](C)CC#CC(C)(C)O)C2(C)C)C[C@@H](O)C[C@@H]1O. The predicted octanol–water partition coefficient (Wildman–Crippen LogP) is 4.78. The molecule has 3 nitrogen and oxygen atoms in total. The Balaban J connectivity index is 2.10. The van der Waals surface area contributed by atoms with Crippen LogP contribution in [0, 0.1) is 34.5 Å². The van der Waals surface area contributed by atoms with Crippen LogP contribution in [0.25, 0.3) is 0 Å². The molecule has 2 fully saturated rings. The van der Waals surface area contributed by atoms with E-state index >= 15 is 0 Å². The number of aliphatic hydroxyl groups excluding tert-OH is 2. The summed E-state index contributed by atoms with van der Waals surface area (Å²) in [5.41, 5.74) is 1.04. The smallest absolute Gasteiger partial charge is 0.119 e. The fraction of sp³-hybridized carbons (Fsp3) is 0.692. The van der Waals surface area contributed by atoms with Crippen LogP contribution >= 0.6 is 0 Å². The zero-order chi connectivity index (χ0) is 22.0. The van der Waals surface area contributed by atoms with E-state index in [-0.39, 0.29) is 10.8 Å². The maximum Gasteiger partial charge on any atom is 0.119 e. The van der Waals surface area contributed by atoms with Crippen molar-refractivity contribution in [3.8, 4) is 11.8 Å². The Kier molecular flexibility index (Phi) is 7.26. The van der Waals surface area contributed by atoms with Crippen LogP contribution in [0.4, 0.5) is 0 Å². The summed E-state index contributed by atoms with van der Waals surface area (Å²) in [7, 11) is 0. The third kappa shape index (κ3) is 5.43. The van der Waals surface area contributed by atoms with Gasteiger partial charge in [0.25, 0.3) is 0 Å². The second kappa shape index (κ2) is 8.80. The van der Waals surface area contributed by atoms with Gasteiger partial charge in [-0.1, -0.05) is 64.3 Å². The van der Waals surface area contributed by atoms with Gasteiger partial charge in [0.1, 0.15) is 5.60 Å². The molecule has 29 heavy (non-hydrogen) atoms. The quantitative estimate of drug-likeness (QED) is 0.595. The lowest BCUT2D eigenvalue weighted by atomic mass is 9.59. The van der Waals surface area contributed by atoms with Crippen LogP contribution in [0.3, 0.4) is 0 Å². The molecule has 0 aliphatic heterocycles. The Morgan fingerprint density at radius 3 is 2.55 bits per heavy atom. The summed E-state index contributed by atoms with van der Waals surface area (Å²) >= 11 is 0. The Labute approximate surface area is 177 Å². The lowest BCUT2D eigenvalue weighted by Crippen LogP contribution is -2.38. The first-order chi connectivity index (χ1) is 13.3. The predicted molar refractivity (Wildman–Crippen MR) is 120 cm³/mol. The molecule has 0 amide bonds. The van der Waals surface area contributed by atoms with Gasteiger partial charge < -0.3 is 15.3 Å². The molecule has 2 aliphatic carbocycles. The fourth-order valence-electron chi connectivity index (χ4n) is 4.99. The van der Waals surface area contributed by atoms with Crippen molar-refractivity contribution in [3.63, 3.8) is 0 Å². The highest BCUT2D eigenvalue weighted by atomic mass is 16.3. The van der Waals surface area contributed by atoms with E-state index in [0.29, 0.717) is 24.7 Å². The number of allylic oxidation sites excluding steroid dienone is 3. The zero-order valence-corrected chi connectivity index (χ0v) is 19.1. The highest BCUT2D eigenvalue weighted by Gasteiger charge is 2.52. The van der Waals surface area contributed by atoms with Gasteiger partial charge in [-0.2, -0.15) is 0 Å². The van der Waals surface area contributed by atoms with Gasteiger partial charge in [-0.3, -0.25) is 0 Å². The summed E-state index contributed by atoms with van der Waals surface area (Å²) in [5.74, 6) is 7.04. The minimum atomic E-state index is -0.936. The molecule has 0 radical (unpaired) electrons. The molecule has 2 rings (SSSR count). The Morgan fingerprint density at radius 2 is 1.93 bits per heavy atom. The summed E-state index contributed by atoms with van der Waals surface area (Å²) in [6.45, 7) is 16.8. The van der Waals surface area contributed by atoms with Crippen LogP contribution in [0.2, 0.25) is 0 Å². The van der Waals surface area contributed by atoms with Gasteiger partial charge in [-0.25, -0.2) is 0 Å². The van der Waals surface area contributed by atoms with Crippen LogP contribution in [0.1, 0.15) is 73.6 Å². The fourth-order valence-corrected chi connectivity index (χ4v) is 4.99. The van der Waals surface area contributed by atoms with E-state index in [0.717, 1.165) is 30.4 Å². The monoisotopic (exact) mass is 400 g/mol. The van der Waals surface area contributed by atoms with Gasteiger partial charge in [0.05, 0.1) is 12.2 Å². The average molecular weight is 401 g/mol. The standard InChI is InChI=1S/C26H40O3/c1-18(10-9-14-24(3,4)29)26(7)15-13-21(25(26,5)6)12-8-11-20-16-22(27)17-23(28)19(20)2/h8,11-12,18,21-23,27-29H,2,10,13,15-17H2,1,3-7H3/b12-8+,20-11-/t18-,21-,22-,23+,26-/m1/s1. The molecule has 0 aromatic heterocycles. The van der Waals surface area contributed by atoms with Crippen LogP contribution < -0.4 is 0 Å². The molecule has 0 saturated heterocycles. The largest absolute Gasteiger partial charge is 0.393 e. The minimum Gasteiger partial charge on any atom is -0.393 e. The van der Waals surface area contributed by atoms with Gasteiger partial charge in [0.2, 0.25) is 0 Å². The van der Waals surface area contributed by atoms with Gasteiger partial charge in [-0.05, 0) is 66.9 Å². The first-order valence-corrected chi connectivity index (χ1v) is 10.9. The maximum atomic E-state index is 10.0. The molecule has 0 heterocycles. The molecular formula is C26H40O3. The molecule has 3 heteroatoms. The van der Waals surface area contributed by atoms with Crippen molar-refractivity contribution in [2.24, 2.45) is 22.7 Å². The van der Waals surface area contributed by atoms with Crippen molar-refractivity contribution in [1.29, 1.82) is 0 Å². The molecule has 5 atom stereocenters. The molecule has 162 valence electrons. The van der Waals surface area contributed by atoms with E-state index < -0.39 is 17.8 Å². The first-order valence-electron chi connectivity index (χ1n) is 10.9. The summed E-state index contributed by atoms with van der Waals surface area (Å²) in [6, 6.07) is 0. The van der Waals surface area contributed by atoms with Crippen LogP contribution in [0.15, 0.2) is 36.0 Å². The van der Waals surface area contributed by atoms with Crippen molar-refractivity contribution in [3.05, 3.63) is 36.0 Å². The van der Waals surface area contributed by atoms with Crippen LogP contribution in [-0.4, -0.2) is 33.1 Å². The van der Waals surface area contributed by atoms with E-state index in [1.54, 1.807) is 13.8 Å². The second-order valence-corrected chi connectivity index (χ2v) is 10.5. The molecule has 0 bridgehead atoms. The highest BCUT2D eigenvalue weighted by molar-refractivity contribution is 5.37. The zero-order valence-electron chi connectivity index (χ0n) is 19.1. The van der Waals surface area contributed by atoms with Gasteiger partial charge in [0.15, 0.2) is 0 Å². The first kappa shape index (κ1) is 23.9. The Morgan fingerprint density at radius 1 is 1.28 bits per heavy atom. The molecule has 2 aliphatic rings. The van der Waals surface area contributed by atoms with Crippen molar-refractivity contribution in [2.45, 2.75) is 91.5 Å². The Hall–Kier alpha value is -1.34. The van der Waals surface area contributed by atoms with E-state index in [2.05, 4.69) is 58.3 Å². The summed E-state index contributed by atoms with van der Waals surface area (Å²) in [4.78, 5) is 0. The summed E-state index contributed by atoms with van der Waals surface area (Å²) in [6.07, 6.45) is 9.27. The lowest BCUT2D eigenvalue weighted by molar-refractivity contribution is 0.0477.